The van der Waals surface area contributed by atoms with Crippen molar-refractivity contribution in [2.75, 3.05) is 5.43 Å². The highest BCUT2D eigenvalue weighted by Crippen LogP contribution is 2.14. The number of hydrogen-bond acceptors (Lipinski definition) is 5. The van der Waals surface area contributed by atoms with Crippen LogP contribution in [-0.4, -0.2) is 10.9 Å². The Balaban J connectivity index is 2.03. The maximum Gasteiger partial charge on any atom is 0.251 e. The van der Waals surface area contributed by atoms with E-state index >= 15 is 0 Å². The summed E-state index contributed by atoms with van der Waals surface area (Å²) in [5.74, 6) is 5.22. The van der Waals surface area contributed by atoms with Crippen LogP contribution >= 0.6 is 11.3 Å². The van der Waals surface area contributed by atoms with E-state index in [0.717, 1.165) is 22.0 Å². The molecule has 1 aromatic heterocycles. The molecule has 0 fully saturated rings. The van der Waals surface area contributed by atoms with Crippen LogP contribution in [-0.2, 0) is 6.54 Å². The van der Waals surface area contributed by atoms with Crippen molar-refractivity contribution in [3.05, 3.63) is 45.4 Å². The Morgan fingerprint density at radius 2 is 2.21 bits per heavy atom. The average molecular weight is 276 g/mol. The summed E-state index contributed by atoms with van der Waals surface area (Å²) in [7, 11) is 0. The van der Waals surface area contributed by atoms with Crippen LogP contribution in [0, 0.1) is 13.8 Å². The molecule has 6 heteroatoms. The number of rotatable bonds is 4. The van der Waals surface area contributed by atoms with E-state index in [1.807, 2.05) is 25.3 Å². The van der Waals surface area contributed by atoms with Gasteiger partial charge in [-0.2, -0.15) is 0 Å². The maximum atomic E-state index is 12.1. The number of nitrogens with two attached hydrogens (primary N) is 1. The minimum absolute atomic E-state index is 0.105. The van der Waals surface area contributed by atoms with Gasteiger partial charge >= 0.3 is 0 Å². The fourth-order valence-electron chi connectivity index (χ4n) is 1.76. The molecular weight excluding hydrogens is 260 g/mol. The van der Waals surface area contributed by atoms with Crippen LogP contribution in [0.1, 0.15) is 26.6 Å². The summed E-state index contributed by atoms with van der Waals surface area (Å²) < 4.78 is 0. The number of aromatic nitrogens is 1. The summed E-state index contributed by atoms with van der Waals surface area (Å²) >= 11 is 1.58. The number of carbonyl (C=O) groups excluding carboxylic acids is 1. The Morgan fingerprint density at radius 3 is 2.79 bits per heavy atom. The maximum absolute atomic E-state index is 12.1. The van der Waals surface area contributed by atoms with Crippen molar-refractivity contribution in [3.63, 3.8) is 0 Å². The first-order valence-corrected chi connectivity index (χ1v) is 6.74. The molecule has 1 aromatic carbocycles. The number of nitrogen functional groups attached to an aromatic ring is 1. The number of thiazole rings is 1. The number of aryl methyl sites for hydroxylation is 2. The van der Waals surface area contributed by atoms with Gasteiger partial charge in [0, 0.05) is 16.6 Å². The highest BCUT2D eigenvalue weighted by atomic mass is 32.1. The summed E-state index contributed by atoms with van der Waals surface area (Å²) in [6, 6.07) is 5.36. The number of anilines is 1. The third kappa shape index (κ3) is 3.30. The number of nitrogens with zero attached hydrogens (tertiary/aromatic N) is 1. The second-order valence-corrected chi connectivity index (χ2v) is 5.28. The van der Waals surface area contributed by atoms with Gasteiger partial charge in [-0.15, -0.1) is 11.3 Å². The predicted molar refractivity (Wildman–Crippen MR) is 77.0 cm³/mol. The summed E-state index contributed by atoms with van der Waals surface area (Å²) in [5, 5.41) is 5.81. The lowest BCUT2D eigenvalue weighted by Crippen LogP contribution is -2.24. The average Bonchev–Trinajstić information content (AvgIpc) is 2.81. The zero-order chi connectivity index (χ0) is 13.8. The van der Waals surface area contributed by atoms with Gasteiger partial charge in [-0.1, -0.05) is 0 Å². The van der Waals surface area contributed by atoms with Crippen LogP contribution in [0.2, 0.25) is 0 Å². The molecule has 5 nitrogen and oxygen atoms in total. The molecule has 1 heterocycles. The van der Waals surface area contributed by atoms with Crippen molar-refractivity contribution in [3.8, 4) is 0 Å². The molecule has 2 rings (SSSR count). The number of amides is 1. The van der Waals surface area contributed by atoms with E-state index in [1.54, 1.807) is 23.5 Å². The van der Waals surface area contributed by atoms with E-state index in [9.17, 15) is 4.79 Å². The Hall–Kier alpha value is -1.92. The van der Waals surface area contributed by atoms with E-state index < -0.39 is 0 Å². The molecule has 0 saturated carbocycles. The highest BCUT2D eigenvalue weighted by molar-refractivity contribution is 7.09. The minimum atomic E-state index is -0.105. The number of carbonyl (C=O) groups is 1. The van der Waals surface area contributed by atoms with E-state index in [0.29, 0.717) is 12.1 Å². The molecule has 0 saturated heterocycles. The third-order valence-corrected chi connectivity index (χ3v) is 3.56. The standard InChI is InChI=1S/C13H16N4OS/c1-8-5-10(17-14)3-4-12(8)13(18)15-6-11-7-19-9(2)16-11/h3-5,7,17H,6,14H2,1-2H3,(H,15,18). The van der Waals surface area contributed by atoms with Crippen molar-refractivity contribution >= 4 is 22.9 Å². The Morgan fingerprint density at radius 1 is 1.42 bits per heavy atom. The normalized spacial score (nSPS) is 10.3. The lowest BCUT2D eigenvalue weighted by molar-refractivity contribution is 0.0950. The van der Waals surface area contributed by atoms with Crippen molar-refractivity contribution in [1.29, 1.82) is 0 Å². The van der Waals surface area contributed by atoms with Crippen LogP contribution in [0.15, 0.2) is 23.6 Å². The van der Waals surface area contributed by atoms with E-state index in [-0.39, 0.29) is 5.91 Å². The van der Waals surface area contributed by atoms with Crippen molar-refractivity contribution < 1.29 is 4.79 Å². The first-order valence-electron chi connectivity index (χ1n) is 5.86. The topological polar surface area (TPSA) is 80.0 Å². The number of nitrogens with one attached hydrogen (secondary N) is 2. The molecule has 0 unspecified atom stereocenters. The lowest BCUT2D eigenvalue weighted by atomic mass is 10.1. The summed E-state index contributed by atoms with van der Waals surface area (Å²) in [5.41, 5.74) is 5.74. The zero-order valence-corrected chi connectivity index (χ0v) is 11.7. The van der Waals surface area contributed by atoms with Crippen molar-refractivity contribution in [1.82, 2.24) is 10.3 Å². The molecule has 100 valence electrons. The number of benzene rings is 1. The predicted octanol–water partition coefficient (Wildman–Crippen LogP) is 1.98. The molecule has 0 aliphatic rings. The summed E-state index contributed by atoms with van der Waals surface area (Å²) in [6.07, 6.45) is 0. The molecule has 0 aliphatic heterocycles. The first-order chi connectivity index (χ1) is 9.10. The van der Waals surface area contributed by atoms with Crippen molar-refractivity contribution in [2.24, 2.45) is 5.84 Å². The fourth-order valence-corrected chi connectivity index (χ4v) is 2.38. The van der Waals surface area contributed by atoms with Crippen LogP contribution in [0.25, 0.3) is 0 Å². The first kappa shape index (κ1) is 13.5. The molecule has 0 atom stereocenters. The smallest absolute Gasteiger partial charge is 0.251 e. The van der Waals surface area contributed by atoms with Gasteiger partial charge in [-0.3, -0.25) is 10.6 Å². The van der Waals surface area contributed by atoms with E-state index in [1.165, 1.54) is 0 Å². The number of hydrazine groups is 1. The Kier molecular flexibility index (Phi) is 4.13. The summed E-state index contributed by atoms with van der Waals surface area (Å²) in [4.78, 5) is 16.4. The summed E-state index contributed by atoms with van der Waals surface area (Å²) in [6.45, 7) is 4.26. The van der Waals surface area contributed by atoms with Gasteiger partial charge in [0.1, 0.15) is 0 Å². The molecule has 0 aliphatic carbocycles. The van der Waals surface area contributed by atoms with Gasteiger partial charge in [-0.25, -0.2) is 4.98 Å². The largest absolute Gasteiger partial charge is 0.346 e. The Bertz CT molecular complexity index is 594. The fraction of sp³-hybridized carbons (Fsp3) is 0.231. The van der Waals surface area contributed by atoms with Crippen LogP contribution in [0.3, 0.4) is 0 Å². The third-order valence-electron chi connectivity index (χ3n) is 2.73. The molecule has 0 radical (unpaired) electrons. The molecular formula is C13H16N4OS. The van der Waals surface area contributed by atoms with Gasteiger partial charge < -0.3 is 10.7 Å². The quantitative estimate of drug-likeness (QED) is 0.589. The molecule has 1 amide bonds. The highest BCUT2D eigenvalue weighted by Gasteiger charge is 2.09. The van der Waals surface area contributed by atoms with Gasteiger partial charge in [0.2, 0.25) is 0 Å². The van der Waals surface area contributed by atoms with Crippen LogP contribution in [0.5, 0.6) is 0 Å². The van der Waals surface area contributed by atoms with Gasteiger partial charge in [0.25, 0.3) is 5.91 Å². The molecule has 0 spiro atoms. The van der Waals surface area contributed by atoms with Crippen LogP contribution in [0.4, 0.5) is 5.69 Å². The number of hydrogen-bond donors (Lipinski definition) is 3. The van der Waals surface area contributed by atoms with Crippen LogP contribution < -0.4 is 16.6 Å². The lowest BCUT2D eigenvalue weighted by Gasteiger charge is -2.08. The molecule has 4 N–H and O–H groups in total. The second kappa shape index (κ2) is 5.81. The SMILES string of the molecule is Cc1nc(CNC(=O)c2ccc(NN)cc2C)cs1. The van der Waals surface area contributed by atoms with Gasteiger partial charge in [0.05, 0.1) is 17.2 Å². The van der Waals surface area contributed by atoms with E-state index in [2.05, 4.69) is 15.7 Å². The zero-order valence-electron chi connectivity index (χ0n) is 10.9. The van der Waals surface area contributed by atoms with E-state index in [4.69, 9.17) is 5.84 Å². The Labute approximate surface area is 115 Å². The minimum Gasteiger partial charge on any atom is -0.346 e. The molecule has 19 heavy (non-hydrogen) atoms. The second-order valence-electron chi connectivity index (χ2n) is 4.21. The van der Waals surface area contributed by atoms with Crippen molar-refractivity contribution in [2.45, 2.75) is 20.4 Å². The van der Waals surface area contributed by atoms with Gasteiger partial charge in [0.15, 0.2) is 0 Å². The molecule has 2 aromatic rings. The molecule has 0 bridgehead atoms. The monoisotopic (exact) mass is 276 g/mol. The van der Waals surface area contributed by atoms with Gasteiger partial charge in [-0.05, 0) is 37.6 Å².